The summed E-state index contributed by atoms with van der Waals surface area (Å²) in [6.45, 7) is 4.29. The van der Waals surface area contributed by atoms with Gasteiger partial charge in [0.25, 0.3) is 11.8 Å². The van der Waals surface area contributed by atoms with Gasteiger partial charge in [-0.25, -0.2) is 0 Å². The highest BCUT2D eigenvalue weighted by Gasteiger charge is 2.15. The second kappa shape index (κ2) is 13.7. The molecule has 0 spiro atoms. The summed E-state index contributed by atoms with van der Waals surface area (Å²) in [5.41, 5.74) is 11.2. The lowest BCUT2D eigenvalue weighted by atomic mass is 10.1. The molecule has 0 saturated carbocycles. The van der Waals surface area contributed by atoms with Crippen LogP contribution in [0.3, 0.4) is 0 Å². The third-order valence-electron chi connectivity index (χ3n) is 5.37. The van der Waals surface area contributed by atoms with Crippen molar-refractivity contribution >= 4 is 29.9 Å². The van der Waals surface area contributed by atoms with Gasteiger partial charge in [-0.1, -0.05) is 41.5 Å². The molecule has 0 bridgehead atoms. The van der Waals surface area contributed by atoms with Gasteiger partial charge in [0.2, 0.25) is 0 Å². The number of nitrogens with zero attached hydrogens (tertiary/aromatic N) is 4. The van der Waals surface area contributed by atoms with Crippen LogP contribution >= 0.6 is 0 Å². The molecule has 2 N–H and O–H groups in total. The van der Waals surface area contributed by atoms with Crippen LogP contribution in [0.2, 0.25) is 0 Å². The first-order valence-electron chi connectivity index (χ1n) is 11.4. The first-order valence-corrected chi connectivity index (χ1v) is 11.4. The largest absolute Gasteiger partial charge is 0.379 e. The van der Waals surface area contributed by atoms with Crippen LogP contribution in [-0.2, 0) is 20.9 Å². The third kappa shape index (κ3) is 8.38. The van der Waals surface area contributed by atoms with Crippen molar-refractivity contribution in [2.75, 3.05) is 32.8 Å². The van der Waals surface area contributed by atoms with E-state index >= 15 is 0 Å². The normalized spacial score (nSPS) is 14.0. The molecule has 3 rings (SSSR count). The molecule has 1 aliphatic heterocycles. The number of azide groups is 1. The second-order valence-electron chi connectivity index (χ2n) is 7.94. The van der Waals surface area contributed by atoms with E-state index < -0.39 is 11.8 Å². The molecule has 35 heavy (non-hydrogen) atoms. The summed E-state index contributed by atoms with van der Waals surface area (Å²) in [5, 5.41) is 8.94. The molecule has 1 fully saturated rings. The van der Waals surface area contributed by atoms with Gasteiger partial charge in [0.05, 0.1) is 13.2 Å². The van der Waals surface area contributed by atoms with Gasteiger partial charge < -0.3 is 20.2 Å². The molecular weight excluding hydrogens is 448 g/mol. The number of rotatable bonds is 11. The Balaban J connectivity index is 1.71. The quantitative estimate of drug-likeness (QED) is 0.128. The minimum absolute atomic E-state index is 0.0648. The van der Waals surface area contributed by atoms with Gasteiger partial charge in [-0.05, 0) is 41.3 Å². The molecule has 182 valence electrons. The number of hydrogen-bond donors (Lipinski definition) is 2. The summed E-state index contributed by atoms with van der Waals surface area (Å²) in [5.74, 6) is -0.879. The molecule has 1 aliphatic rings. The Kier molecular flexibility index (Phi) is 10.0. The highest BCUT2D eigenvalue weighted by Crippen LogP contribution is 2.16. The number of unbranched alkanes of at least 4 members (excludes halogenated alkanes) is 1. The molecule has 10 heteroatoms. The molecule has 0 radical (unpaired) electrons. The summed E-state index contributed by atoms with van der Waals surface area (Å²) >= 11 is 0. The van der Waals surface area contributed by atoms with Gasteiger partial charge in [-0.2, -0.15) is 0 Å². The number of carbonyl (C=O) groups is 3. The molecule has 1 heterocycles. The fourth-order valence-corrected chi connectivity index (χ4v) is 3.47. The fraction of sp³-hybridized carbons (Fsp3) is 0.320. The lowest BCUT2D eigenvalue weighted by Crippen LogP contribution is -2.36. The van der Waals surface area contributed by atoms with E-state index in [4.69, 9.17) is 10.3 Å². The van der Waals surface area contributed by atoms with Crippen LogP contribution in [0.25, 0.3) is 16.5 Å². The van der Waals surface area contributed by atoms with Crippen LogP contribution < -0.4 is 10.6 Å². The predicted octanol–water partition coefficient (Wildman–Crippen LogP) is 3.33. The van der Waals surface area contributed by atoms with Crippen LogP contribution in [-0.4, -0.2) is 55.8 Å². The van der Waals surface area contributed by atoms with Crippen molar-refractivity contribution in [3.8, 4) is 0 Å². The smallest absolute Gasteiger partial charge is 0.267 e. The van der Waals surface area contributed by atoms with Crippen molar-refractivity contribution in [1.29, 1.82) is 0 Å². The minimum atomic E-state index is -0.465. The molecule has 1 saturated heterocycles. The molecular formula is C25H28N6O4. The number of ether oxygens (including phenoxy) is 1. The molecule has 0 aromatic heterocycles. The zero-order valence-electron chi connectivity index (χ0n) is 19.4. The predicted molar refractivity (Wildman–Crippen MR) is 132 cm³/mol. The van der Waals surface area contributed by atoms with Crippen LogP contribution in [0.1, 0.15) is 34.3 Å². The molecule has 10 nitrogen and oxygen atoms in total. The zero-order chi connectivity index (χ0) is 24.9. The summed E-state index contributed by atoms with van der Waals surface area (Å²) in [6.07, 6.45) is 3.17. The standard InChI is InChI=1S/C25H28N6O4/c26-30-29-22-9-5-19(6-10-22)17-23(25(34)27-11-1-2-14-32)28-24(33)21-7-3-20(4-8-21)18-31-12-15-35-16-13-31/h3-10,14,17H,1-2,11-13,15-16,18H2,(H,27,34)(H,28,33)/b23-17+. The van der Waals surface area contributed by atoms with Gasteiger partial charge in [0.15, 0.2) is 0 Å². The molecule has 0 unspecified atom stereocenters. The van der Waals surface area contributed by atoms with E-state index in [-0.39, 0.29) is 5.70 Å². The summed E-state index contributed by atoms with van der Waals surface area (Å²) in [4.78, 5) is 41.2. The lowest BCUT2D eigenvalue weighted by Gasteiger charge is -2.26. The highest BCUT2D eigenvalue weighted by atomic mass is 16.5. The third-order valence-corrected chi connectivity index (χ3v) is 5.37. The first kappa shape index (κ1) is 25.6. The van der Waals surface area contributed by atoms with Gasteiger partial charge >= 0.3 is 0 Å². The van der Waals surface area contributed by atoms with Gasteiger partial charge in [-0.15, -0.1) is 0 Å². The molecule has 2 aromatic rings. The van der Waals surface area contributed by atoms with E-state index in [1.54, 1.807) is 42.5 Å². The van der Waals surface area contributed by atoms with Crippen molar-refractivity contribution in [1.82, 2.24) is 15.5 Å². The van der Waals surface area contributed by atoms with Crippen LogP contribution in [0.15, 0.2) is 59.3 Å². The summed E-state index contributed by atoms with van der Waals surface area (Å²) in [7, 11) is 0. The van der Waals surface area contributed by atoms with Crippen molar-refractivity contribution in [2.24, 2.45) is 5.11 Å². The van der Waals surface area contributed by atoms with E-state index in [1.165, 1.54) is 0 Å². The topological polar surface area (TPSA) is 136 Å². The van der Waals surface area contributed by atoms with E-state index in [1.807, 2.05) is 12.1 Å². The number of hydrogen-bond acceptors (Lipinski definition) is 6. The maximum atomic E-state index is 12.9. The Morgan fingerprint density at radius 1 is 1.09 bits per heavy atom. The Hall–Kier alpha value is -3.98. The summed E-state index contributed by atoms with van der Waals surface area (Å²) in [6, 6.07) is 13.9. The second-order valence-corrected chi connectivity index (χ2v) is 7.94. The SMILES string of the molecule is [N-]=[N+]=Nc1ccc(/C=C(/NC(=O)c2ccc(CN3CCOCC3)cc2)C(=O)NCCCC=O)cc1. The number of nitrogens with one attached hydrogen (secondary N) is 2. The number of morpholine rings is 1. The van der Waals surface area contributed by atoms with Crippen LogP contribution in [0, 0.1) is 0 Å². The first-order chi connectivity index (χ1) is 17.1. The number of aldehydes is 1. The number of carbonyl (C=O) groups excluding carboxylic acids is 3. The van der Waals surface area contributed by atoms with Gasteiger partial charge in [0.1, 0.15) is 12.0 Å². The molecule has 2 aromatic carbocycles. The number of benzene rings is 2. The maximum Gasteiger partial charge on any atom is 0.267 e. The van der Waals surface area contributed by atoms with E-state index in [9.17, 15) is 14.4 Å². The average molecular weight is 477 g/mol. The zero-order valence-corrected chi connectivity index (χ0v) is 19.4. The van der Waals surface area contributed by atoms with Crippen LogP contribution in [0.4, 0.5) is 5.69 Å². The monoisotopic (exact) mass is 476 g/mol. The Labute approximate surface area is 203 Å². The molecule has 2 amide bonds. The van der Waals surface area contributed by atoms with E-state index in [0.29, 0.717) is 36.2 Å². The highest BCUT2D eigenvalue weighted by molar-refractivity contribution is 6.05. The Morgan fingerprint density at radius 2 is 1.80 bits per heavy atom. The maximum absolute atomic E-state index is 12.9. The Bertz CT molecular complexity index is 1090. The minimum Gasteiger partial charge on any atom is -0.379 e. The van der Waals surface area contributed by atoms with Crippen molar-refractivity contribution < 1.29 is 19.1 Å². The summed E-state index contributed by atoms with van der Waals surface area (Å²) < 4.78 is 5.37. The fourth-order valence-electron chi connectivity index (χ4n) is 3.47. The molecule has 0 atom stereocenters. The van der Waals surface area contributed by atoms with Gasteiger partial charge in [-0.3, -0.25) is 14.5 Å². The number of amides is 2. The van der Waals surface area contributed by atoms with Crippen molar-refractivity contribution in [3.05, 3.63) is 81.4 Å². The lowest BCUT2D eigenvalue weighted by molar-refractivity contribution is -0.118. The average Bonchev–Trinajstić information content (AvgIpc) is 2.88. The van der Waals surface area contributed by atoms with Gasteiger partial charge in [0, 0.05) is 48.8 Å². The van der Waals surface area contributed by atoms with E-state index in [0.717, 1.165) is 44.7 Å². The van der Waals surface area contributed by atoms with Crippen LogP contribution in [0.5, 0.6) is 0 Å². The van der Waals surface area contributed by atoms with E-state index in [2.05, 4.69) is 25.6 Å². The molecule has 0 aliphatic carbocycles. The Morgan fingerprint density at radius 3 is 2.46 bits per heavy atom. The van der Waals surface area contributed by atoms with Crippen molar-refractivity contribution in [3.63, 3.8) is 0 Å². The van der Waals surface area contributed by atoms with Crippen molar-refractivity contribution in [2.45, 2.75) is 19.4 Å².